The Labute approximate surface area is 84.8 Å². The molecule has 13 heavy (non-hydrogen) atoms. The molecule has 0 spiro atoms. The van der Waals surface area contributed by atoms with Crippen molar-refractivity contribution < 1.29 is 0 Å². The van der Waals surface area contributed by atoms with E-state index in [1.54, 1.807) is 0 Å². The molecule has 0 aliphatic heterocycles. The third-order valence-electron chi connectivity index (χ3n) is 2.35. The van der Waals surface area contributed by atoms with Gasteiger partial charge >= 0.3 is 0 Å². The van der Waals surface area contributed by atoms with Gasteiger partial charge in [-0.25, -0.2) is 0 Å². The predicted octanol–water partition coefficient (Wildman–Crippen LogP) is 1.34. The van der Waals surface area contributed by atoms with E-state index in [2.05, 4.69) is 63.6 Å². The molecule has 0 bridgehead atoms. The third kappa shape index (κ3) is 4.07. The van der Waals surface area contributed by atoms with Crippen molar-refractivity contribution in [2.75, 3.05) is 28.2 Å². The fourth-order valence-corrected chi connectivity index (χ4v) is 4.84. The van der Waals surface area contributed by atoms with Gasteiger partial charge in [-0.05, 0) is 35.1 Å². The molecule has 1 atom stereocenters. The van der Waals surface area contributed by atoms with Crippen LogP contribution in [0.15, 0.2) is 11.8 Å². The van der Waals surface area contributed by atoms with Gasteiger partial charge in [-0.2, -0.15) is 0 Å². The summed E-state index contributed by atoms with van der Waals surface area (Å²) >= 11 is 0. The number of allylic oxidation sites excluding steroid dienone is 1. The molecular formula is C10H24N2Si. The van der Waals surface area contributed by atoms with Crippen LogP contribution in [-0.2, 0) is 0 Å². The zero-order valence-electron chi connectivity index (χ0n) is 9.91. The number of nitrogens with zero attached hydrogens (tertiary/aromatic N) is 2. The monoisotopic (exact) mass is 200 g/mol. The molecule has 0 heterocycles. The van der Waals surface area contributed by atoms with Crippen molar-refractivity contribution >= 4 is 8.80 Å². The molecule has 1 unspecified atom stereocenters. The summed E-state index contributed by atoms with van der Waals surface area (Å²) in [6.45, 7) is 4.43. The molecule has 0 aromatic heterocycles. The lowest BCUT2D eigenvalue weighted by Gasteiger charge is -2.34. The average molecular weight is 200 g/mol. The van der Waals surface area contributed by atoms with Gasteiger partial charge in [0.2, 0.25) is 0 Å². The first kappa shape index (κ1) is 12.9. The molecule has 0 fully saturated rings. The Balaban J connectivity index is 4.48. The molecule has 0 amide bonds. The summed E-state index contributed by atoms with van der Waals surface area (Å²) in [5.74, 6) is 0.640. The Hall–Kier alpha value is -0.123. The van der Waals surface area contributed by atoms with Gasteiger partial charge in [-0.15, -0.1) is 0 Å². The van der Waals surface area contributed by atoms with Crippen LogP contribution in [0.5, 0.6) is 0 Å². The van der Waals surface area contributed by atoms with Crippen LogP contribution in [0, 0.1) is 0 Å². The van der Waals surface area contributed by atoms with Crippen molar-refractivity contribution in [3.8, 4) is 0 Å². The molecule has 0 aromatic carbocycles. The van der Waals surface area contributed by atoms with Gasteiger partial charge in [-0.3, -0.25) is 9.80 Å². The van der Waals surface area contributed by atoms with Crippen LogP contribution in [0.1, 0.15) is 13.8 Å². The molecule has 0 N–H and O–H groups in total. The van der Waals surface area contributed by atoms with Crippen molar-refractivity contribution in [3.63, 3.8) is 0 Å². The lowest BCUT2D eigenvalue weighted by atomic mass is 10.7. The third-order valence-corrected chi connectivity index (χ3v) is 6.13. The van der Waals surface area contributed by atoms with Crippen molar-refractivity contribution in [3.05, 3.63) is 11.8 Å². The van der Waals surface area contributed by atoms with Crippen LogP contribution in [-0.4, -0.2) is 52.6 Å². The first-order valence-corrected chi connectivity index (χ1v) is 7.15. The van der Waals surface area contributed by atoms with E-state index in [9.17, 15) is 0 Å². The number of hydrogen-bond acceptors (Lipinski definition) is 2. The lowest BCUT2D eigenvalue weighted by molar-refractivity contribution is 0.197. The molecular weight excluding hydrogens is 176 g/mol. The SMILES string of the molecule is C/C=C\[SiH](CC)C(N(C)C)N(C)C. The highest BCUT2D eigenvalue weighted by molar-refractivity contribution is 6.65. The van der Waals surface area contributed by atoms with E-state index in [0.717, 1.165) is 0 Å². The van der Waals surface area contributed by atoms with Gasteiger partial charge in [0.25, 0.3) is 0 Å². The highest BCUT2D eigenvalue weighted by atomic mass is 28.3. The summed E-state index contributed by atoms with van der Waals surface area (Å²) in [5, 5.41) is 0. The minimum Gasteiger partial charge on any atom is -0.297 e. The standard InChI is InChI=1S/C10H24N2Si/c1-7-9-13(8-2)10(11(3)4)12(5)6/h7,9-10,13H,8H2,1-6H3/b9-7-. The van der Waals surface area contributed by atoms with E-state index < -0.39 is 8.80 Å². The molecule has 0 radical (unpaired) electrons. The number of hydrogen-bond donors (Lipinski definition) is 0. The maximum Gasteiger partial charge on any atom is 0.0978 e. The number of rotatable bonds is 5. The topological polar surface area (TPSA) is 6.48 Å². The molecule has 2 nitrogen and oxygen atoms in total. The molecule has 78 valence electrons. The molecule has 0 saturated heterocycles. The minimum atomic E-state index is -0.772. The van der Waals surface area contributed by atoms with Crippen molar-refractivity contribution in [2.24, 2.45) is 0 Å². The zero-order valence-corrected chi connectivity index (χ0v) is 11.1. The van der Waals surface area contributed by atoms with Crippen molar-refractivity contribution in [2.45, 2.75) is 25.7 Å². The van der Waals surface area contributed by atoms with Crippen molar-refractivity contribution in [1.82, 2.24) is 9.80 Å². The molecule has 0 aliphatic carbocycles. The van der Waals surface area contributed by atoms with Crippen LogP contribution in [0.4, 0.5) is 0 Å². The molecule has 0 rings (SSSR count). The van der Waals surface area contributed by atoms with Gasteiger partial charge in [0.15, 0.2) is 0 Å². The Kier molecular flexibility index (Phi) is 6.29. The van der Waals surface area contributed by atoms with Crippen LogP contribution >= 0.6 is 0 Å². The van der Waals surface area contributed by atoms with Gasteiger partial charge in [0.1, 0.15) is 0 Å². The zero-order chi connectivity index (χ0) is 10.4. The van der Waals surface area contributed by atoms with Crippen LogP contribution in [0.2, 0.25) is 6.04 Å². The van der Waals surface area contributed by atoms with Gasteiger partial charge < -0.3 is 0 Å². The summed E-state index contributed by atoms with van der Waals surface area (Å²) in [5.41, 5.74) is 2.44. The van der Waals surface area contributed by atoms with Gasteiger partial charge in [-0.1, -0.05) is 24.7 Å². The Morgan fingerprint density at radius 1 is 1.15 bits per heavy atom. The first-order chi connectivity index (χ1) is 6.04. The Bertz CT molecular complexity index is 147. The quantitative estimate of drug-likeness (QED) is 0.488. The van der Waals surface area contributed by atoms with E-state index in [0.29, 0.717) is 5.79 Å². The van der Waals surface area contributed by atoms with Crippen LogP contribution in [0.3, 0.4) is 0 Å². The van der Waals surface area contributed by atoms with Crippen molar-refractivity contribution in [1.29, 1.82) is 0 Å². The summed E-state index contributed by atoms with van der Waals surface area (Å²) in [6, 6.07) is 1.32. The maximum absolute atomic E-state index is 2.44. The molecule has 0 saturated carbocycles. The lowest BCUT2D eigenvalue weighted by Crippen LogP contribution is -2.50. The summed E-state index contributed by atoms with van der Waals surface area (Å²) in [7, 11) is 7.91. The largest absolute Gasteiger partial charge is 0.297 e. The summed E-state index contributed by atoms with van der Waals surface area (Å²) in [4.78, 5) is 4.67. The fraction of sp³-hybridized carbons (Fsp3) is 0.800. The van der Waals surface area contributed by atoms with E-state index in [4.69, 9.17) is 0 Å². The highest BCUT2D eigenvalue weighted by Crippen LogP contribution is 2.08. The van der Waals surface area contributed by atoms with Crippen LogP contribution in [0.25, 0.3) is 0 Å². The average Bonchev–Trinajstić information content (AvgIpc) is 2.02. The first-order valence-electron chi connectivity index (χ1n) is 5.00. The molecule has 0 aromatic rings. The van der Waals surface area contributed by atoms with E-state index >= 15 is 0 Å². The smallest absolute Gasteiger partial charge is 0.0978 e. The maximum atomic E-state index is 2.44. The van der Waals surface area contributed by atoms with Gasteiger partial charge in [0, 0.05) is 0 Å². The second kappa shape index (κ2) is 6.35. The minimum absolute atomic E-state index is 0.640. The van der Waals surface area contributed by atoms with E-state index in [1.807, 2.05) is 0 Å². The second-order valence-electron chi connectivity index (χ2n) is 3.94. The Morgan fingerprint density at radius 3 is 1.85 bits per heavy atom. The fourth-order valence-electron chi connectivity index (χ4n) is 1.92. The van der Waals surface area contributed by atoms with E-state index in [-0.39, 0.29) is 0 Å². The van der Waals surface area contributed by atoms with E-state index in [1.165, 1.54) is 6.04 Å². The molecule has 0 aliphatic rings. The molecule has 3 heteroatoms. The van der Waals surface area contributed by atoms with Crippen LogP contribution < -0.4 is 0 Å². The second-order valence-corrected chi connectivity index (χ2v) is 7.06. The van der Waals surface area contributed by atoms with Gasteiger partial charge in [0.05, 0.1) is 14.6 Å². The highest BCUT2D eigenvalue weighted by Gasteiger charge is 2.22. The normalized spacial score (nSPS) is 15.2. The summed E-state index contributed by atoms with van der Waals surface area (Å²) in [6.07, 6.45) is 2.21. The summed E-state index contributed by atoms with van der Waals surface area (Å²) < 4.78 is 0. The predicted molar refractivity (Wildman–Crippen MR) is 63.6 cm³/mol. The Morgan fingerprint density at radius 2 is 1.62 bits per heavy atom.